The Bertz CT molecular complexity index is 968. The van der Waals surface area contributed by atoms with E-state index >= 15 is 0 Å². The summed E-state index contributed by atoms with van der Waals surface area (Å²) < 4.78 is 5.96. The second-order valence-corrected chi connectivity index (χ2v) is 4.99. The third-order valence-corrected chi connectivity index (χ3v) is 3.29. The first-order valence-electron chi connectivity index (χ1n) is 7.06. The summed E-state index contributed by atoms with van der Waals surface area (Å²) >= 11 is 0. The van der Waals surface area contributed by atoms with Gasteiger partial charge in [-0.1, -0.05) is 11.8 Å². The van der Waals surface area contributed by atoms with E-state index in [0.29, 0.717) is 5.56 Å². The molecule has 0 bridgehead atoms. The van der Waals surface area contributed by atoms with Crippen LogP contribution in [0.5, 0.6) is 5.75 Å². The zero-order chi connectivity index (χ0) is 18.6. The summed E-state index contributed by atoms with van der Waals surface area (Å²) in [4.78, 5) is 39.0. The van der Waals surface area contributed by atoms with Gasteiger partial charge in [0.2, 0.25) is 0 Å². The average Bonchev–Trinajstić information content (AvgIpc) is 2.58. The predicted octanol–water partition coefficient (Wildman–Crippen LogP) is -0.549. The number of aromatic hydroxyl groups is 1. The van der Waals surface area contributed by atoms with E-state index in [-0.39, 0.29) is 17.6 Å². The highest BCUT2D eigenvalue weighted by Crippen LogP contribution is 2.24. The van der Waals surface area contributed by atoms with Crippen molar-refractivity contribution in [3.63, 3.8) is 0 Å². The number of fused-ring (bicyclic) bond motifs is 1. The molecule has 0 saturated carbocycles. The minimum Gasteiger partial charge on any atom is -0.505 e. The first-order valence-corrected chi connectivity index (χ1v) is 7.06. The molecule has 0 fully saturated rings. The lowest BCUT2D eigenvalue weighted by molar-refractivity contribution is -0.135. The van der Waals surface area contributed by atoms with E-state index in [9.17, 15) is 19.5 Å². The van der Waals surface area contributed by atoms with E-state index in [1.165, 1.54) is 20.4 Å². The largest absolute Gasteiger partial charge is 0.505 e. The summed E-state index contributed by atoms with van der Waals surface area (Å²) in [5.41, 5.74) is -0.540. The monoisotopic (exact) mass is 345 g/mol. The van der Waals surface area contributed by atoms with Crippen molar-refractivity contribution in [2.75, 3.05) is 20.3 Å². The molecule has 2 aromatic rings. The van der Waals surface area contributed by atoms with Crippen LogP contribution in [0, 0.1) is 11.8 Å². The van der Waals surface area contributed by atoms with E-state index in [4.69, 9.17) is 9.84 Å². The summed E-state index contributed by atoms with van der Waals surface area (Å²) in [5, 5.41) is 20.9. The second kappa shape index (κ2) is 7.46. The third-order valence-electron chi connectivity index (χ3n) is 3.29. The molecule has 0 aliphatic rings. The molecule has 0 aliphatic carbocycles. The fraction of sp³-hybridized carbons (Fsp3) is 0.250. The lowest BCUT2D eigenvalue weighted by Gasteiger charge is -2.11. The number of carbonyl (C=O) groups excluding carboxylic acids is 1. The van der Waals surface area contributed by atoms with Gasteiger partial charge in [-0.15, -0.1) is 0 Å². The number of carboxylic acids is 1. The molecule has 130 valence electrons. The maximum atomic E-state index is 12.4. The van der Waals surface area contributed by atoms with Gasteiger partial charge in [-0.05, 0) is 6.07 Å². The van der Waals surface area contributed by atoms with Crippen LogP contribution in [0.1, 0.15) is 15.9 Å². The number of aryl methyl sites for hydroxylation is 1. The zero-order valence-corrected chi connectivity index (χ0v) is 13.5. The molecule has 1 amide bonds. The van der Waals surface area contributed by atoms with Gasteiger partial charge in [0.1, 0.15) is 24.2 Å². The number of amides is 1. The Balaban J connectivity index is 2.57. The second-order valence-electron chi connectivity index (χ2n) is 4.99. The van der Waals surface area contributed by atoms with Gasteiger partial charge in [-0.25, -0.2) is 4.98 Å². The van der Waals surface area contributed by atoms with Gasteiger partial charge in [0.05, 0.1) is 5.52 Å². The van der Waals surface area contributed by atoms with Crippen molar-refractivity contribution in [3.05, 3.63) is 33.7 Å². The number of nitrogens with zero attached hydrogens (tertiary/aromatic N) is 2. The molecule has 0 spiro atoms. The van der Waals surface area contributed by atoms with Gasteiger partial charge in [0, 0.05) is 25.9 Å². The summed E-state index contributed by atoms with van der Waals surface area (Å²) in [5.74, 6) is 2.65. The van der Waals surface area contributed by atoms with Gasteiger partial charge in [-0.2, -0.15) is 0 Å². The molecule has 0 saturated heterocycles. The summed E-state index contributed by atoms with van der Waals surface area (Å²) in [6, 6.07) is 1.55. The zero-order valence-electron chi connectivity index (χ0n) is 13.5. The lowest BCUT2D eigenvalue weighted by atomic mass is 10.1. The van der Waals surface area contributed by atoms with Crippen molar-refractivity contribution in [1.82, 2.24) is 14.9 Å². The van der Waals surface area contributed by atoms with Crippen molar-refractivity contribution in [1.29, 1.82) is 0 Å². The van der Waals surface area contributed by atoms with Crippen molar-refractivity contribution in [2.45, 2.75) is 0 Å². The Morgan fingerprint density at radius 1 is 1.44 bits per heavy atom. The number of carbonyl (C=O) groups is 2. The molecule has 0 aliphatic heterocycles. The number of hydrogen-bond acceptors (Lipinski definition) is 6. The van der Waals surface area contributed by atoms with E-state index in [1.807, 2.05) is 5.32 Å². The first kappa shape index (κ1) is 18.0. The molecule has 2 aromatic heterocycles. The maximum absolute atomic E-state index is 12.4. The molecule has 3 N–H and O–H groups in total. The molecular weight excluding hydrogens is 330 g/mol. The molecular formula is C16H15N3O6. The molecule has 25 heavy (non-hydrogen) atoms. The van der Waals surface area contributed by atoms with Crippen LogP contribution in [0.25, 0.3) is 11.0 Å². The lowest BCUT2D eigenvalue weighted by Crippen LogP contribution is -2.35. The SMILES string of the molecule is COCC#Cc1cnc2c(O)c(C(=O)NCC(=O)O)c(=O)n(C)c2c1. The van der Waals surface area contributed by atoms with Crippen molar-refractivity contribution in [2.24, 2.45) is 7.05 Å². The van der Waals surface area contributed by atoms with Crippen molar-refractivity contribution < 1.29 is 24.5 Å². The molecule has 2 rings (SSSR count). The molecule has 0 unspecified atom stereocenters. The van der Waals surface area contributed by atoms with Crippen LogP contribution in [-0.2, 0) is 16.6 Å². The van der Waals surface area contributed by atoms with E-state index in [1.54, 1.807) is 6.07 Å². The quantitative estimate of drug-likeness (QED) is 0.634. The van der Waals surface area contributed by atoms with Gasteiger partial charge in [0.15, 0.2) is 5.75 Å². The number of aromatic nitrogens is 2. The fourth-order valence-electron chi connectivity index (χ4n) is 2.12. The smallest absolute Gasteiger partial charge is 0.322 e. The Morgan fingerprint density at radius 3 is 2.80 bits per heavy atom. The number of nitrogens with one attached hydrogen (secondary N) is 1. The number of aliphatic carboxylic acids is 1. The Labute approximate surface area is 141 Å². The van der Waals surface area contributed by atoms with Gasteiger partial charge < -0.3 is 24.8 Å². The molecule has 9 heteroatoms. The summed E-state index contributed by atoms with van der Waals surface area (Å²) in [6.45, 7) is -0.453. The average molecular weight is 345 g/mol. The number of ether oxygens (including phenoxy) is 1. The Hall–Kier alpha value is -3.38. The molecule has 2 heterocycles. The van der Waals surface area contributed by atoms with Crippen LogP contribution in [-0.4, -0.2) is 51.9 Å². The van der Waals surface area contributed by atoms with Crippen LogP contribution in [0.2, 0.25) is 0 Å². The van der Waals surface area contributed by atoms with Crippen LogP contribution in [0.3, 0.4) is 0 Å². The standard InChI is InChI=1S/C16H15N3O6/c1-19-10-6-9(4-3-5-25-2)7-17-13(10)14(22)12(16(19)24)15(23)18-8-11(20)21/h6-7,22H,5,8H2,1-2H3,(H,18,23)(H,20,21). The fourth-order valence-corrected chi connectivity index (χ4v) is 2.12. The van der Waals surface area contributed by atoms with Crippen LogP contribution < -0.4 is 10.9 Å². The predicted molar refractivity (Wildman–Crippen MR) is 87.4 cm³/mol. The van der Waals surface area contributed by atoms with Crippen molar-refractivity contribution in [3.8, 4) is 17.6 Å². The normalized spacial score (nSPS) is 10.2. The third kappa shape index (κ3) is 3.76. The number of pyridine rings is 2. The topological polar surface area (TPSA) is 131 Å². The molecule has 0 aromatic carbocycles. The van der Waals surface area contributed by atoms with Crippen LogP contribution in [0.4, 0.5) is 0 Å². The summed E-state index contributed by atoms with van der Waals surface area (Å²) in [7, 11) is 2.91. The maximum Gasteiger partial charge on any atom is 0.322 e. The highest BCUT2D eigenvalue weighted by molar-refractivity contribution is 6.02. The minimum absolute atomic E-state index is 0.0277. The highest BCUT2D eigenvalue weighted by atomic mass is 16.5. The highest BCUT2D eigenvalue weighted by Gasteiger charge is 2.22. The van der Waals surface area contributed by atoms with Gasteiger partial charge in [0.25, 0.3) is 11.5 Å². The number of carboxylic acid groups (broad SMARTS) is 1. The molecule has 0 radical (unpaired) electrons. The number of hydrogen-bond donors (Lipinski definition) is 3. The molecule has 0 atom stereocenters. The molecule has 9 nitrogen and oxygen atoms in total. The summed E-state index contributed by atoms with van der Waals surface area (Å²) in [6.07, 6.45) is 1.38. The number of rotatable bonds is 4. The minimum atomic E-state index is -1.28. The van der Waals surface area contributed by atoms with E-state index in [0.717, 1.165) is 4.57 Å². The Morgan fingerprint density at radius 2 is 2.16 bits per heavy atom. The van der Waals surface area contributed by atoms with Gasteiger partial charge in [-0.3, -0.25) is 14.4 Å². The van der Waals surface area contributed by atoms with Crippen LogP contribution >= 0.6 is 0 Å². The van der Waals surface area contributed by atoms with Gasteiger partial charge >= 0.3 is 5.97 Å². The first-order chi connectivity index (χ1) is 11.9. The van der Waals surface area contributed by atoms with E-state index < -0.39 is 35.3 Å². The van der Waals surface area contributed by atoms with Crippen LogP contribution in [0.15, 0.2) is 17.1 Å². The number of methoxy groups -OCH3 is 1. The Kier molecular flexibility index (Phi) is 5.36. The van der Waals surface area contributed by atoms with Crippen molar-refractivity contribution >= 4 is 22.9 Å². The van der Waals surface area contributed by atoms with E-state index in [2.05, 4.69) is 16.8 Å².